The number of aliphatic imine (C=N–C) groups is 1. The van der Waals surface area contributed by atoms with Gasteiger partial charge in [0.15, 0.2) is 33.4 Å². The lowest BCUT2D eigenvalue weighted by Crippen LogP contribution is -2.49. The fourth-order valence-corrected chi connectivity index (χ4v) is 13.4. The Hall–Kier alpha value is -5.50. The summed E-state index contributed by atoms with van der Waals surface area (Å²) in [6.45, 7) is -0.0514. The van der Waals surface area contributed by atoms with E-state index >= 15 is 0 Å². The number of hydrogen-bond donors (Lipinski definition) is 4. The first kappa shape index (κ1) is 45.1. The Labute approximate surface area is 370 Å². The highest BCUT2D eigenvalue weighted by Gasteiger charge is 2.48. The zero-order chi connectivity index (χ0) is 45.6. The third-order valence-corrected chi connectivity index (χ3v) is 17.2. The second-order valence-electron chi connectivity index (χ2n) is 15.9. The summed E-state index contributed by atoms with van der Waals surface area (Å²) in [6.07, 6.45) is 2.01. The van der Waals surface area contributed by atoms with Crippen molar-refractivity contribution in [2.75, 3.05) is 67.6 Å². The summed E-state index contributed by atoms with van der Waals surface area (Å²) in [7, 11) is -9.68. The first-order valence-electron chi connectivity index (χ1n) is 20.5. The zero-order valence-corrected chi connectivity index (χ0v) is 37.4. The number of para-hydroxylation sites is 2. The van der Waals surface area contributed by atoms with Crippen molar-refractivity contribution in [3.8, 4) is 23.0 Å². The predicted octanol–water partition coefficient (Wildman–Crippen LogP) is 5.40. The SMILES string of the molecule is COc1cc2c(cc1OCCCP(=O)(CCCO)CCCOc1cc3c(cc1OC)C(=O)N1c4ccccc4C[C@H]1C(S(=O)(=O)O)N3)N=C(S(=O)(=O)O)[C@@H]1Cc3ccccc3N1C2=O. The van der Waals surface area contributed by atoms with Crippen LogP contribution in [0.2, 0.25) is 0 Å². The Kier molecular flexibility index (Phi) is 12.6. The van der Waals surface area contributed by atoms with Gasteiger partial charge < -0.3 is 38.8 Å². The molecule has 0 fully saturated rings. The van der Waals surface area contributed by atoms with Gasteiger partial charge in [-0.25, -0.2) is 4.99 Å². The first-order valence-corrected chi connectivity index (χ1v) is 25.7. The summed E-state index contributed by atoms with van der Waals surface area (Å²) in [5, 5.41) is 10.4. The summed E-state index contributed by atoms with van der Waals surface area (Å²) in [5.41, 5.74) is 2.79. The van der Waals surface area contributed by atoms with E-state index in [1.165, 1.54) is 48.3 Å². The van der Waals surface area contributed by atoms with Crippen LogP contribution in [0.15, 0.2) is 77.8 Å². The van der Waals surface area contributed by atoms with Crippen LogP contribution in [0.5, 0.6) is 23.0 Å². The number of nitrogens with one attached hydrogen (secondary N) is 1. The number of fused-ring (bicyclic) bond motifs is 8. The topological polar surface area (TPSA) is 248 Å². The minimum Gasteiger partial charge on any atom is -0.493 e. The molecule has 4 N–H and O–H groups in total. The average Bonchev–Trinajstić information content (AvgIpc) is 3.77. The van der Waals surface area contributed by atoms with Gasteiger partial charge in [-0.2, -0.15) is 16.8 Å². The van der Waals surface area contributed by atoms with Gasteiger partial charge in [-0.3, -0.25) is 23.6 Å². The molecule has 18 nitrogen and oxygen atoms in total. The molecule has 4 heterocycles. The number of nitrogens with zero attached hydrogens (tertiary/aromatic N) is 3. The molecule has 2 amide bonds. The van der Waals surface area contributed by atoms with E-state index in [0.717, 1.165) is 11.1 Å². The summed E-state index contributed by atoms with van der Waals surface area (Å²) in [4.78, 5) is 35.0. The van der Waals surface area contributed by atoms with Crippen molar-refractivity contribution >= 4 is 67.0 Å². The van der Waals surface area contributed by atoms with Crippen LogP contribution < -0.4 is 34.1 Å². The summed E-state index contributed by atoms with van der Waals surface area (Å²) in [6, 6.07) is 17.7. The first-order chi connectivity index (χ1) is 30.5. The molecule has 0 saturated carbocycles. The average molecular weight is 939 g/mol. The Morgan fingerprint density at radius 2 is 1.28 bits per heavy atom. The van der Waals surface area contributed by atoms with Crippen LogP contribution in [0.4, 0.5) is 22.7 Å². The molecule has 4 atom stereocenters. The zero-order valence-electron chi connectivity index (χ0n) is 34.9. The lowest BCUT2D eigenvalue weighted by atomic mass is 10.1. The molecule has 21 heteroatoms. The predicted molar refractivity (Wildman–Crippen MR) is 239 cm³/mol. The monoisotopic (exact) mass is 938 g/mol. The van der Waals surface area contributed by atoms with E-state index in [1.54, 1.807) is 48.5 Å². The lowest BCUT2D eigenvalue weighted by Gasteiger charge is -2.27. The fourth-order valence-electron chi connectivity index (χ4n) is 8.93. The standard InChI is InChI=1S/C43H47N4O14PS2/c1-58-36-22-28-30(44-40(63(52,53)54)34-20-26-10-3-5-12-32(26)46(34)42(28)49)24-38(36)60-15-8-18-62(51,17-7-14-48)19-9-16-61-39-25-31-29(23-37(39)59-2)43(50)47-33-13-6-4-11-27(33)21-35(47)41(45-31)64(55,56)57/h3-6,10-13,22-25,34-35,40,44,48H,7-9,14-21H2,1-2H3,(H,52,53,54)(H,55,56,57)/t34-,35-,40?,62?/m0/s1. The molecule has 8 rings (SSSR count). The fraction of sp³-hybridized carbons (Fsp3) is 0.372. The van der Waals surface area contributed by atoms with Crippen LogP contribution in [0.3, 0.4) is 0 Å². The number of anilines is 3. The van der Waals surface area contributed by atoms with Crippen LogP contribution in [-0.2, 0) is 37.6 Å². The Balaban J connectivity index is 0.939. The number of carbonyl (C=O) groups is 2. The van der Waals surface area contributed by atoms with Crippen LogP contribution >= 0.6 is 7.14 Å². The van der Waals surface area contributed by atoms with Crippen molar-refractivity contribution in [2.24, 2.45) is 4.99 Å². The molecule has 4 aliphatic heterocycles. The molecule has 0 bridgehead atoms. The molecule has 64 heavy (non-hydrogen) atoms. The van der Waals surface area contributed by atoms with Crippen molar-refractivity contribution in [3.05, 3.63) is 95.1 Å². The van der Waals surface area contributed by atoms with Gasteiger partial charge in [-0.15, -0.1) is 0 Å². The Morgan fingerprint density at radius 3 is 1.88 bits per heavy atom. The van der Waals surface area contributed by atoms with E-state index in [-0.39, 0.29) is 96.6 Å². The Morgan fingerprint density at radius 1 is 0.734 bits per heavy atom. The van der Waals surface area contributed by atoms with E-state index in [9.17, 15) is 45.2 Å². The maximum Gasteiger partial charge on any atom is 0.310 e. The molecule has 2 unspecified atom stereocenters. The quantitative estimate of drug-likeness (QED) is 0.0624. The third kappa shape index (κ3) is 8.69. The molecule has 0 aromatic heterocycles. The normalized spacial score (nSPS) is 19.6. The largest absolute Gasteiger partial charge is 0.493 e. The maximum atomic E-state index is 14.3. The number of aliphatic hydroxyl groups is 1. The van der Waals surface area contributed by atoms with Gasteiger partial charge in [-0.1, -0.05) is 36.4 Å². The Bertz CT molecular complexity index is 2820. The lowest BCUT2D eigenvalue weighted by molar-refractivity contribution is 0.0976. The van der Waals surface area contributed by atoms with Gasteiger partial charge in [0.05, 0.1) is 69.2 Å². The smallest absolute Gasteiger partial charge is 0.310 e. The van der Waals surface area contributed by atoms with Crippen molar-refractivity contribution in [1.29, 1.82) is 0 Å². The highest BCUT2D eigenvalue weighted by Crippen LogP contribution is 2.48. The number of hydrogen-bond acceptors (Lipinski definition) is 14. The van der Waals surface area contributed by atoms with Crippen molar-refractivity contribution in [1.82, 2.24) is 0 Å². The second kappa shape index (κ2) is 17.8. The maximum absolute atomic E-state index is 14.3. The van der Waals surface area contributed by atoms with E-state index in [4.69, 9.17) is 18.9 Å². The molecule has 0 radical (unpaired) electrons. The van der Waals surface area contributed by atoms with Gasteiger partial charge >= 0.3 is 10.1 Å². The highest BCUT2D eigenvalue weighted by molar-refractivity contribution is 8.01. The van der Waals surface area contributed by atoms with Crippen LogP contribution in [0.25, 0.3) is 0 Å². The molecule has 340 valence electrons. The molecule has 0 aliphatic carbocycles. The summed E-state index contributed by atoms with van der Waals surface area (Å²) >= 11 is 0. The molecule has 4 aliphatic rings. The van der Waals surface area contributed by atoms with Crippen LogP contribution in [-0.4, -0.2) is 118 Å². The van der Waals surface area contributed by atoms with E-state index in [0.29, 0.717) is 30.6 Å². The highest BCUT2D eigenvalue weighted by atomic mass is 32.2. The van der Waals surface area contributed by atoms with E-state index in [2.05, 4.69) is 10.3 Å². The number of amides is 2. The summed E-state index contributed by atoms with van der Waals surface area (Å²) in [5.74, 6) is -0.305. The molecular formula is C43H47N4O14PS2. The number of rotatable bonds is 16. The minimum atomic E-state index is -4.84. The van der Waals surface area contributed by atoms with Gasteiger partial charge in [0.25, 0.3) is 21.9 Å². The number of carbonyl (C=O) groups excluding carboxylic acids is 2. The van der Waals surface area contributed by atoms with E-state index in [1.807, 2.05) is 0 Å². The molecule has 4 aromatic rings. The van der Waals surface area contributed by atoms with Crippen molar-refractivity contribution in [3.63, 3.8) is 0 Å². The summed E-state index contributed by atoms with van der Waals surface area (Å²) < 4.78 is 109. The van der Waals surface area contributed by atoms with Gasteiger partial charge in [-0.05, 0) is 61.1 Å². The molecular weight excluding hydrogens is 892 g/mol. The second-order valence-corrected chi connectivity index (χ2v) is 22.2. The van der Waals surface area contributed by atoms with E-state index < -0.39 is 61.7 Å². The molecule has 0 saturated heterocycles. The number of aliphatic hydroxyl groups excluding tert-OH is 1. The van der Waals surface area contributed by atoms with Crippen LogP contribution in [0, 0.1) is 0 Å². The number of methoxy groups -OCH3 is 2. The molecule has 0 spiro atoms. The number of benzene rings is 4. The minimum absolute atomic E-state index is 0.0354. The number of ether oxygens (including phenoxy) is 4. The van der Waals surface area contributed by atoms with Gasteiger partial charge in [0.1, 0.15) is 0 Å². The molecule has 4 aromatic carbocycles. The van der Waals surface area contributed by atoms with Gasteiger partial charge in [0.2, 0.25) is 0 Å². The van der Waals surface area contributed by atoms with Gasteiger partial charge in [0, 0.05) is 55.0 Å². The van der Waals surface area contributed by atoms with Crippen molar-refractivity contribution < 1.29 is 64.1 Å². The van der Waals surface area contributed by atoms with Crippen molar-refractivity contribution in [2.45, 2.75) is 49.6 Å². The third-order valence-electron chi connectivity index (χ3n) is 11.9. The van der Waals surface area contributed by atoms with Crippen LogP contribution in [0.1, 0.15) is 51.1 Å².